The van der Waals surface area contributed by atoms with Crippen molar-refractivity contribution >= 4 is 9.84 Å². The molecule has 0 saturated carbocycles. The van der Waals surface area contributed by atoms with E-state index >= 15 is 0 Å². The second kappa shape index (κ2) is 6.48. The molecule has 1 heterocycles. The lowest BCUT2D eigenvalue weighted by Crippen LogP contribution is -2.14. The maximum absolute atomic E-state index is 11.4. The third-order valence-corrected chi connectivity index (χ3v) is 4.12. The molecule has 2 aromatic rings. The molecule has 6 heteroatoms. The van der Waals surface area contributed by atoms with E-state index in [0.29, 0.717) is 23.7 Å². The molecule has 0 bridgehead atoms. The summed E-state index contributed by atoms with van der Waals surface area (Å²) in [5, 5.41) is 12.2. The van der Waals surface area contributed by atoms with Crippen LogP contribution in [0.5, 0.6) is 0 Å². The molecule has 0 aliphatic rings. The number of nitrogens with one attached hydrogen (secondary N) is 1. The van der Waals surface area contributed by atoms with Crippen molar-refractivity contribution in [3.8, 4) is 6.07 Å². The Labute approximate surface area is 124 Å². The van der Waals surface area contributed by atoms with E-state index in [2.05, 4.69) is 16.4 Å². The number of aromatic nitrogens is 1. The van der Waals surface area contributed by atoms with Crippen LogP contribution in [0.1, 0.15) is 16.8 Å². The fraction of sp³-hybridized carbons (Fsp3) is 0.200. The number of hydrogen-bond donors (Lipinski definition) is 1. The highest BCUT2D eigenvalue weighted by molar-refractivity contribution is 7.90. The quantitative estimate of drug-likeness (QED) is 0.908. The van der Waals surface area contributed by atoms with E-state index in [4.69, 9.17) is 5.26 Å². The van der Waals surface area contributed by atoms with Crippen LogP contribution in [-0.2, 0) is 22.9 Å². The van der Waals surface area contributed by atoms with E-state index in [0.717, 1.165) is 11.1 Å². The van der Waals surface area contributed by atoms with Gasteiger partial charge in [-0.1, -0.05) is 18.2 Å². The summed E-state index contributed by atoms with van der Waals surface area (Å²) < 4.78 is 22.7. The molecule has 0 amide bonds. The highest BCUT2D eigenvalue weighted by Gasteiger charge is 2.06. The second-order valence-electron chi connectivity index (χ2n) is 4.64. The lowest BCUT2D eigenvalue weighted by atomic mass is 10.2. The van der Waals surface area contributed by atoms with Gasteiger partial charge in [-0.2, -0.15) is 5.26 Å². The highest BCUT2D eigenvalue weighted by atomic mass is 32.2. The van der Waals surface area contributed by atoms with Crippen molar-refractivity contribution in [1.29, 1.82) is 5.26 Å². The Bertz CT molecular complexity index is 762. The minimum atomic E-state index is -3.16. The molecule has 5 nitrogen and oxygen atoms in total. The first kappa shape index (κ1) is 15.2. The Morgan fingerprint density at radius 1 is 1.19 bits per heavy atom. The fourth-order valence-electron chi connectivity index (χ4n) is 1.88. The summed E-state index contributed by atoms with van der Waals surface area (Å²) in [6.45, 7) is 1.12. The van der Waals surface area contributed by atoms with Crippen molar-refractivity contribution in [2.75, 3.05) is 6.26 Å². The molecule has 0 atom stereocenters. The summed E-state index contributed by atoms with van der Waals surface area (Å²) in [6.07, 6.45) is 2.78. The van der Waals surface area contributed by atoms with Crippen molar-refractivity contribution < 1.29 is 8.42 Å². The smallest absolute Gasteiger partial charge is 0.175 e. The molecule has 1 N–H and O–H groups in total. The van der Waals surface area contributed by atoms with Crippen LogP contribution in [0.4, 0.5) is 0 Å². The van der Waals surface area contributed by atoms with Gasteiger partial charge in [-0.05, 0) is 23.8 Å². The van der Waals surface area contributed by atoms with Crippen LogP contribution in [-0.4, -0.2) is 19.7 Å². The topological polar surface area (TPSA) is 82.8 Å². The van der Waals surface area contributed by atoms with E-state index < -0.39 is 9.84 Å². The summed E-state index contributed by atoms with van der Waals surface area (Å²) in [7, 11) is -3.16. The fourth-order valence-corrected chi connectivity index (χ4v) is 2.51. The van der Waals surface area contributed by atoms with Crippen LogP contribution in [0.2, 0.25) is 0 Å². The zero-order chi connectivity index (χ0) is 15.3. The van der Waals surface area contributed by atoms with Gasteiger partial charge in [0.15, 0.2) is 9.84 Å². The zero-order valence-electron chi connectivity index (χ0n) is 11.6. The number of sulfone groups is 1. The van der Waals surface area contributed by atoms with Crippen molar-refractivity contribution in [1.82, 2.24) is 10.3 Å². The van der Waals surface area contributed by atoms with Gasteiger partial charge in [-0.3, -0.25) is 0 Å². The Morgan fingerprint density at radius 3 is 2.52 bits per heavy atom. The van der Waals surface area contributed by atoms with Crippen molar-refractivity contribution in [2.45, 2.75) is 18.0 Å². The SMILES string of the molecule is CS(=O)(=O)c1ccc(CNCc2cccnc2C#N)cc1. The number of hydrogen-bond acceptors (Lipinski definition) is 5. The average Bonchev–Trinajstić information content (AvgIpc) is 2.47. The first-order valence-electron chi connectivity index (χ1n) is 6.34. The van der Waals surface area contributed by atoms with Crippen LogP contribution >= 0.6 is 0 Å². The van der Waals surface area contributed by atoms with Gasteiger partial charge < -0.3 is 5.32 Å². The van der Waals surface area contributed by atoms with Gasteiger partial charge in [0, 0.05) is 31.1 Å². The van der Waals surface area contributed by atoms with Crippen molar-refractivity contribution in [3.05, 3.63) is 59.4 Å². The van der Waals surface area contributed by atoms with Crippen LogP contribution in [0, 0.1) is 11.3 Å². The molecule has 2 rings (SSSR count). The predicted molar refractivity (Wildman–Crippen MR) is 79.0 cm³/mol. The van der Waals surface area contributed by atoms with Crippen LogP contribution < -0.4 is 5.32 Å². The van der Waals surface area contributed by atoms with Crippen LogP contribution in [0.3, 0.4) is 0 Å². The average molecular weight is 301 g/mol. The summed E-state index contributed by atoms with van der Waals surface area (Å²) in [5.41, 5.74) is 2.23. The lowest BCUT2D eigenvalue weighted by molar-refractivity contribution is 0.602. The first-order chi connectivity index (χ1) is 10.0. The molecular weight excluding hydrogens is 286 g/mol. The Balaban J connectivity index is 1.97. The highest BCUT2D eigenvalue weighted by Crippen LogP contribution is 2.10. The van der Waals surface area contributed by atoms with Gasteiger partial charge in [-0.15, -0.1) is 0 Å². The molecule has 1 aromatic carbocycles. The molecule has 0 saturated heterocycles. The molecule has 1 aromatic heterocycles. The van der Waals surface area contributed by atoms with E-state index in [1.807, 2.05) is 6.07 Å². The molecule has 0 aliphatic heterocycles. The molecule has 0 fully saturated rings. The van der Waals surface area contributed by atoms with Gasteiger partial charge in [-0.25, -0.2) is 13.4 Å². The minimum absolute atomic E-state index is 0.310. The molecule has 108 valence electrons. The Morgan fingerprint density at radius 2 is 1.90 bits per heavy atom. The molecule has 0 spiro atoms. The third-order valence-electron chi connectivity index (χ3n) is 2.99. The standard InChI is InChI=1S/C15H15N3O2S/c1-21(19,20)14-6-4-12(5-7-14)10-17-11-13-3-2-8-18-15(13)9-16/h2-8,17H,10-11H2,1H3. The predicted octanol–water partition coefficient (Wildman–Crippen LogP) is 1.65. The van der Waals surface area contributed by atoms with Gasteiger partial charge in [0.2, 0.25) is 0 Å². The van der Waals surface area contributed by atoms with Gasteiger partial charge >= 0.3 is 0 Å². The van der Waals surface area contributed by atoms with E-state index in [1.54, 1.807) is 36.5 Å². The second-order valence-corrected chi connectivity index (χ2v) is 6.66. The minimum Gasteiger partial charge on any atom is -0.309 e. The largest absolute Gasteiger partial charge is 0.309 e. The number of nitrogens with zero attached hydrogens (tertiary/aromatic N) is 2. The van der Waals surface area contributed by atoms with E-state index in [9.17, 15) is 8.42 Å². The summed E-state index contributed by atoms with van der Waals surface area (Å²) in [4.78, 5) is 4.30. The number of rotatable bonds is 5. The summed E-state index contributed by atoms with van der Waals surface area (Å²) >= 11 is 0. The zero-order valence-corrected chi connectivity index (χ0v) is 12.4. The number of pyridine rings is 1. The summed E-state index contributed by atoms with van der Waals surface area (Å²) in [5.74, 6) is 0. The molecule has 0 unspecified atom stereocenters. The first-order valence-corrected chi connectivity index (χ1v) is 8.23. The van der Waals surface area contributed by atoms with Gasteiger partial charge in [0.1, 0.15) is 11.8 Å². The van der Waals surface area contributed by atoms with Gasteiger partial charge in [0.25, 0.3) is 0 Å². The Hall–Kier alpha value is -2.23. The lowest BCUT2D eigenvalue weighted by Gasteiger charge is -2.07. The molecular formula is C15H15N3O2S. The molecule has 21 heavy (non-hydrogen) atoms. The molecule has 0 radical (unpaired) electrons. The number of nitriles is 1. The number of benzene rings is 1. The van der Waals surface area contributed by atoms with Crippen LogP contribution in [0.25, 0.3) is 0 Å². The van der Waals surface area contributed by atoms with E-state index in [-0.39, 0.29) is 0 Å². The monoisotopic (exact) mass is 301 g/mol. The maximum Gasteiger partial charge on any atom is 0.175 e. The van der Waals surface area contributed by atoms with E-state index in [1.165, 1.54) is 6.26 Å². The third kappa shape index (κ3) is 4.12. The van der Waals surface area contributed by atoms with Crippen LogP contribution in [0.15, 0.2) is 47.5 Å². The maximum atomic E-state index is 11.4. The Kier molecular flexibility index (Phi) is 4.68. The van der Waals surface area contributed by atoms with Crippen molar-refractivity contribution in [2.24, 2.45) is 0 Å². The molecule has 0 aliphatic carbocycles. The summed E-state index contributed by atoms with van der Waals surface area (Å²) in [6, 6.07) is 12.4. The van der Waals surface area contributed by atoms with Crippen molar-refractivity contribution in [3.63, 3.8) is 0 Å². The van der Waals surface area contributed by atoms with Gasteiger partial charge in [0.05, 0.1) is 4.90 Å². The normalized spacial score (nSPS) is 11.0.